The summed E-state index contributed by atoms with van der Waals surface area (Å²) < 4.78 is 1.63. The van der Waals surface area contributed by atoms with Crippen molar-refractivity contribution >= 4 is 58.0 Å². The van der Waals surface area contributed by atoms with Gasteiger partial charge in [0.25, 0.3) is 0 Å². The third-order valence-electron chi connectivity index (χ3n) is 4.66. The third kappa shape index (κ3) is 4.73. The van der Waals surface area contributed by atoms with Crippen LogP contribution in [0.5, 0.6) is 0 Å². The predicted octanol–water partition coefficient (Wildman–Crippen LogP) is 4.94. The lowest BCUT2D eigenvalue weighted by molar-refractivity contribution is -0.113. The minimum Gasteiger partial charge on any atom is -0.325 e. The monoisotopic (exact) mass is 469 g/mol. The van der Waals surface area contributed by atoms with E-state index in [1.807, 2.05) is 0 Å². The van der Waals surface area contributed by atoms with E-state index in [-0.39, 0.29) is 28.8 Å². The molecule has 1 aliphatic carbocycles. The maximum absolute atomic E-state index is 13.0. The fraction of sp³-hybridized carbons (Fsp3) is 0.227. The highest BCUT2D eigenvalue weighted by Crippen LogP contribution is 2.33. The molecule has 0 atom stereocenters. The number of anilines is 1. The lowest BCUT2D eigenvalue weighted by Gasteiger charge is -2.20. The summed E-state index contributed by atoms with van der Waals surface area (Å²) in [6.07, 6.45) is 2.26. The average molecular weight is 470 g/mol. The van der Waals surface area contributed by atoms with Crippen molar-refractivity contribution in [2.75, 3.05) is 16.8 Å². The van der Waals surface area contributed by atoms with E-state index in [0.717, 1.165) is 27.3 Å². The van der Waals surface area contributed by atoms with Crippen molar-refractivity contribution in [3.8, 4) is 0 Å². The first-order valence-corrected chi connectivity index (χ1v) is 12.6. The van der Waals surface area contributed by atoms with Gasteiger partial charge in [0.2, 0.25) is 5.91 Å². The third-order valence-corrected chi connectivity index (χ3v) is 7.94. The molecule has 0 spiro atoms. The number of unbranched alkanes of at least 4 members (excludes halogenated alkanes) is 1. The van der Waals surface area contributed by atoms with Gasteiger partial charge in [-0.3, -0.25) is 14.4 Å². The molecule has 0 aliphatic heterocycles. The minimum atomic E-state index is -0.270. The number of carbonyl (C=O) groups is 3. The molecule has 6 nitrogen and oxygen atoms in total. The molecule has 31 heavy (non-hydrogen) atoms. The molecule has 2 aromatic carbocycles. The van der Waals surface area contributed by atoms with Gasteiger partial charge in [-0.05, 0) is 12.5 Å². The number of benzene rings is 2. The Labute approximate surface area is 192 Å². The molecule has 1 aromatic heterocycles. The highest BCUT2D eigenvalue weighted by atomic mass is 32.2. The first-order chi connectivity index (χ1) is 15.1. The number of hydrogen-bond donors (Lipinski definition) is 1. The molecule has 4 rings (SSSR count). The Hall–Kier alpha value is -2.49. The van der Waals surface area contributed by atoms with E-state index in [1.54, 1.807) is 54.2 Å². The van der Waals surface area contributed by atoms with Crippen LogP contribution in [-0.4, -0.2) is 39.2 Å². The molecule has 0 unspecified atom stereocenters. The number of hydrogen-bond acceptors (Lipinski definition) is 8. The van der Waals surface area contributed by atoms with E-state index in [0.29, 0.717) is 22.4 Å². The smallest absolute Gasteiger partial charge is 0.234 e. The molecule has 1 heterocycles. The SMILES string of the molecule is CCCCSc1nnc(SCC(=O)Nc2cccc3c2C(=O)c2ccccc2C3=O)s1. The van der Waals surface area contributed by atoms with Crippen LogP contribution in [0, 0.1) is 0 Å². The largest absolute Gasteiger partial charge is 0.325 e. The maximum Gasteiger partial charge on any atom is 0.234 e. The van der Waals surface area contributed by atoms with Crippen LogP contribution < -0.4 is 5.32 Å². The van der Waals surface area contributed by atoms with Crippen molar-refractivity contribution in [3.63, 3.8) is 0 Å². The molecule has 0 radical (unpaired) electrons. The molecule has 1 amide bonds. The van der Waals surface area contributed by atoms with E-state index in [2.05, 4.69) is 22.4 Å². The number of ketones is 2. The molecule has 3 aromatic rings. The first kappa shape index (κ1) is 21.7. The van der Waals surface area contributed by atoms with Gasteiger partial charge in [-0.1, -0.05) is 84.6 Å². The molecule has 1 aliphatic rings. The zero-order valence-corrected chi connectivity index (χ0v) is 19.2. The Kier molecular flexibility index (Phi) is 6.84. The van der Waals surface area contributed by atoms with E-state index >= 15 is 0 Å². The van der Waals surface area contributed by atoms with Crippen LogP contribution in [-0.2, 0) is 4.79 Å². The summed E-state index contributed by atoms with van der Waals surface area (Å²) in [4.78, 5) is 38.4. The number of aromatic nitrogens is 2. The molecule has 0 bridgehead atoms. The van der Waals surface area contributed by atoms with Crippen LogP contribution in [0.4, 0.5) is 5.69 Å². The van der Waals surface area contributed by atoms with Crippen LogP contribution in [0.2, 0.25) is 0 Å². The zero-order chi connectivity index (χ0) is 21.8. The van der Waals surface area contributed by atoms with Gasteiger partial charge in [0.05, 0.1) is 17.0 Å². The van der Waals surface area contributed by atoms with Gasteiger partial charge < -0.3 is 5.32 Å². The molecule has 1 N–H and O–H groups in total. The number of fused-ring (bicyclic) bond motifs is 2. The summed E-state index contributed by atoms with van der Waals surface area (Å²) in [6.45, 7) is 2.15. The molecule has 9 heteroatoms. The summed E-state index contributed by atoms with van der Waals surface area (Å²) in [6, 6.07) is 11.7. The highest BCUT2D eigenvalue weighted by molar-refractivity contribution is 8.03. The fourth-order valence-corrected chi connectivity index (χ4v) is 6.15. The van der Waals surface area contributed by atoms with E-state index < -0.39 is 0 Å². The van der Waals surface area contributed by atoms with Crippen molar-refractivity contribution in [3.05, 3.63) is 64.7 Å². The fourth-order valence-electron chi connectivity index (χ4n) is 3.18. The van der Waals surface area contributed by atoms with Crippen LogP contribution >= 0.6 is 34.9 Å². The molecular formula is C22H19N3O3S3. The summed E-state index contributed by atoms with van der Waals surface area (Å²) in [7, 11) is 0. The van der Waals surface area contributed by atoms with Crippen molar-refractivity contribution < 1.29 is 14.4 Å². The highest BCUT2D eigenvalue weighted by Gasteiger charge is 2.31. The number of rotatable bonds is 8. The van der Waals surface area contributed by atoms with Gasteiger partial charge in [-0.25, -0.2) is 0 Å². The average Bonchev–Trinajstić information content (AvgIpc) is 3.24. The quantitative estimate of drug-likeness (QED) is 0.289. The standard InChI is InChI=1S/C22H19N3O3S3/c1-2-3-11-29-21-24-25-22(31-21)30-12-17(26)23-16-10-6-9-15-18(16)20(28)14-8-5-4-7-13(14)19(15)27/h4-10H,2-3,11-12H2,1H3,(H,23,26). The Morgan fingerprint density at radius 1 is 0.935 bits per heavy atom. The van der Waals surface area contributed by atoms with Crippen molar-refractivity contribution in [1.82, 2.24) is 10.2 Å². The second-order valence-electron chi connectivity index (χ2n) is 6.80. The van der Waals surface area contributed by atoms with Crippen LogP contribution in [0.1, 0.15) is 51.6 Å². The molecule has 158 valence electrons. The minimum absolute atomic E-state index is 0.136. The van der Waals surface area contributed by atoms with Crippen molar-refractivity contribution in [2.45, 2.75) is 28.4 Å². The topological polar surface area (TPSA) is 89.0 Å². The summed E-state index contributed by atoms with van der Waals surface area (Å²) in [5.41, 5.74) is 1.66. The summed E-state index contributed by atoms with van der Waals surface area (Å²) in [5.74, 6) is 0.402. The van der Waals surface area contributed by atoms with Crippen molar-refractivity contribution in [2.24, 2.45) is 0 Å². The predicted molar refractivity (Wildman–Crippen MR) is 125 cm³/mol. The number of thioether (sulfide) groups is 2. The molecule has 0 saturated carbocycles. The Bertz CT molecular complexity index is 1160. The van der Waals surface area contributed by atoms with E-state index in [1.165, 1.54) is 23.1 Å². The normalized spacial score (nSPS) is 12.4. The molecular weight excluding hydrogens is 450 g/mol. The number of nitrogens with zero attached hydrogens (tertiary/aromatic N) is 2. The van der Waals surface area contributed by atoms with Gasteiger partial charge in [-0.2, -0.15) is 0 Å². The molecule has 0 fully saturated rings. The van der Waals surface area contributed by atoms with Crippen LogP contribution in [0.25, 0.3) is 0 Å². The Balaban J connectivity index is 1.44. The Morgan fingerprint density at radius 2 is 1.61 bits per heavy atom. The first-order valence-electron chi connectivity index (χ1n) is 9.79. The second kappa shape index (κ2) is 9.76. The van der Waals surface area contributed by atoms with Crippen LogP contribution in [0.3, 0.4) is 0 Å². The maximum atomic E-state index is 13.0. The van der Waals surface area contributed by atoms with Gasteiger partial charge in [0.15, 0.2) is 20.2 Å². The summed E-state index contributed by atoms with van der Waals surface area (Å²) >= 11 is 4.45. The number of nitrogens with one attached hydrogen (secondary N) is 1. The van der Waals surface area contributed by atoms with E-state index in [9.17, 15) is 14.4 Å². The summed E-state index contributed by atoms with van der Waals surface area (Å²) in [5, 5.41) is 11.1. The van der Waals surface area contributed by atoms with Gasteiger partial charge >= 0.3 is 0 Å². The Morgan fingerprint density at radius 3 is 2.35 bits per heavy atom. The number of carbonyl (C=O) groups excluding carboxylic acids is 3. The lowest BCUT2D eigenvalue weighted by atomic mass is 9.83. The van der Waals surface area contributed by atoms with E-state index in [4.69, 9.17) is 0 Å². The second-order valence-corrected chi connectivity index (χ2v) is 10.3. The van der Waals surface area contributed by atoms with Gasteiger partial charge in [-0.15, -0.1) is 10.2 Å². The molecule has 0 saturated heterocycles. The van der Waals surface area contributed by atoms with Gasteiger partial charge in [0.1, 0.15) is 0 Å². The van der Waals surface area contributed by atoms with Gasteiger partial charge in [0, 0.05) is 22.4 Å². The van der Waals surface area contributed by atoms with Crippen molar-refractivity contribution in [1.29, 1.82) is 0 Å². The van der Waals surface area contributed by atoms with Crippen LogP contribution in [0.15, 0.2) is 51.1 Å². The number of amides is 1. The lowest BCUT2D eigenvalue weighted by Crippen LogP contribution is -2.24. The zero-order valence-electron chi connectivity index (χ0n) is 16.7.